The van der Waals surface area contributed by atoms with E-state index in [1.165, 1.54) is 12.1 Å². The summed E-state index contributed by atoms with van der Waals surface area (Å²) in [5, 5.41) is 12.0. The molecule has 0 spiro atoms. The quantitative estimate of drug-likeness (QED) is 0.854. The van der Waals surface area contributed by atoms with Crippen molar-refractivity contribution in [1.29, 1.82) is 0 Å². The molecule has 0 saturated heterocycles. The van der Waals surface area contributed by atoms with E-state index in [-0.39, 0.29) is 17.9 Å². The maximum absolute atomic E-state index is 12.3. The number of ether oxygens (including phenoxy) is 1. The molecule has 0 aromatic heterocycles. The van der Waals surface area contributed by atoms with Gasteiger partial charge >= 0.3 is 12.6 Å². The van der Waals surface area contributed by atoms with Crippen molar-refractivity contribution < 1.29 is 23.4 Å². The van der Waals surface area contributed by atoms with Crippen LogP contribution in [-0.2, 0) is 6.54 Å². The average Bonchev–Trinajstić information content (AvgIpc) is 2.46. The van der Waals surface area contributed by atoms with Crippen LogP contribution in [0.25, 0.3) is 0 Å². The number of para-hydroxylation sites is 2. The Hall–Kier alpha value is -2.63. The van der Waals surface area contributed by atoms with Gasteiger partial charge in [0.25, 0.3) is 0 Å². The molecule has 0 aliphatic heterocycles. The first-order chi connectivity index (χ1) is 10.1. The fourth-order valence-electron chi connectivity index (χ4n) is 1.88. The maximum atomic E-state index is 12.3. The molecule has 0 fully saturated rings. The highest BCUT2D eigenvalue weighted by molar-refractivity contribution is 5.94. The lowest BCUT2D eigenvalue weighted by atomic mass is 10.1. The third-order valence-electron chi connectivity index (χ3n) is 2.82. The van der Waals surface area contributed by atoms with E-state index in [9.17, 15) is 13.6 Å². The summed E-state index contributed by atoms with van der Waals surface area (Å²) in [5.41, 5.74) is 1.04. The fraction of sp³-hybridized carbons (Fsp3) is 0.133. The Morgan fingerprint density at radius 2 is 1.81 bits per heavy atom. The smallest absolute Gasteiger partial charge is 0.387 e. The van der Waals surface area contributed by atoms with Crippen molar-refractivity contribution in [2.24, 2.45) is 0 Å². The molecule has 2 aromatic rings. The molecule has 6 heteroatoms. The van der Waals surface area contributed by atoms with E-state index in [1.54, 1.807) is 36.4 Å². The SMILES string of the molecule is O=C(O)c1ccccc1NCc1ccccc1OC(F)F. The van der Waals surface area contributed by atoms with Crippen LogP contribution in [0, 0.1) is 0 Å². The molecule has 21 heavy (non-hydrogen) atoms. The zero-order valence-electron chi connectivity index (χ0n) is 10.9. The minimum atomic E-state index is -2.91. The summed E-state index contributed by atoms with van der Waals surface area (Å²) in [4.78, 5) is 11.1. The molecule has 0 aliphatic carbocycles. The molecule has 0 aliphatic rings. The molecule has 0 saturated carbocycles. The number of aromatic carboxylic acids is 1. The van der Waals surface area contributed by atoms with Crippen molar-refractivity contribution in [3.05, 3.63) is 59.7 Å². The minimum Gasteiger partial charge on any atom is -0.478 e. The molecule has 0 atom stereocenters. The lowest BCUT2D eigenvalue weighted by molar-refractivity contribution is -0.0504. The van der Waals surface area contributed by atoms with Crippen LogP contribution in [0.3, 0.4) is 0 Å². The van der Waals surface area contributed by atoms with E-state index in [0.717, 1.165) is 0 Å². The van der Waals surface area contributed by atoms with Crippen LogP contribution in [0.15, 0.2) is 48.5 Å². The van der Waals surface area contributed by atoms with Crippen molar-refractivity contribution in [1.82, 2.24) is 0 Å². The summed E-state index contributed by atoms with van der Waals surface area (Å²) in [6.07, 6.45) is 0. The number of nitrogens with one attached hydrogen (secondary N) is 1. The Labute approximate surface area is 120 Å². The molecule has 0 heterocycles. The molecule has 0 amide bonds. The number of halogens is 2. The molecule has 2 rings (SSSR count). The normalized spacial score (nSPS) is 10.4. The summed E-state index contributed by atoms with van der Waals surface area (Å²) in [5.74, 6) is -0.997. The Morgan fingerprint density at radius 1 is 1.14 bits per heavy atom. The van der Waals surface area contributed by atoms with E-state index >= 15 is 0 Å². The van der Waals surface area contributed by atoms with Gasteiger partial charge in [0.15, 0.2) is 0 Å². The van der Waals surface area contributed by atoms with Crippen LogP contribution in [0.5, 0.6) is 5.75 Å². The van der Waals surface area contributed by atoms with Gasteiger partial charge in [-0.15, -0.1) is 0 Å². The van der Waals surface area contributed by atoms with Crippen molar-refractivity contribution in [2.75, 3.05) is 5.32 Å². The number of alkyl halides is 2. The first-order valence-electron chi connectivity index (χ1n) is 6.17. The molecule has 4 nitrogen and oxygen atoms in total. The van der Waals surface area contributed by atoms with E-state index < -0.39 is 12.6 Å². The highest BCUT2D eigenvalue weighted by Gasteiger charge is 2.11. The molecule has 110 valence electrons. The van der Waals surface area contributed by atoms with Gasteiger partial charge in [-0.1, -0.05) is 30.3 Å². The van der Waals surface area contributed by atoms with Gasteiger partial charge in [0.2, 0.25) is 0 Å². The summed E-state index contributed by atoms with van der Waals surface area (Å²) >= 11 is 0. The number of rotatable bonds is 6. The lowest BCUT2D eigenvalue weighted by Gasteiger charge is -2.13. The van der Waals surface area contributed by atoms with E-state index in [2.05, 4.69) is 10.1 Å². The number of carboxylic acids is 1. The second-order valence-electron chi connectivity index (χ2n) is 4.19. The van der Waals surface area contributed by atoms with Gasteiger partial charge in [-0.2, -0.15) is 8.78 Å². The second-order valence-corrected chi connectivity index (χ2v) is 4.19. The van der Waals surface area contributed by atoms with Gasteiger partial charge < -0.3 is 15.2 Å². The summed E-state index contributed by atoms with van der Waals surface area (Å²) < 4.78 is 29.0. The van der Waals surface area contributed by atoms with Crippen molar-refractivity contribution in [3.63, 3.8) is 0 Å². The summed E-state index contributed by atoms with van der Waals surface area (Å²) in [6.45, 7) is -2.73. The molecule has 2 aromatic carbocycles. The average molecular weight is 293 g/mol. The first kappa shape index (κ1) is 14.8. The van der Waals surface area contributed by atoms with E-state index in [0.29, 0.717) is 11.3 Å². The van der Waals surface area contributed by atoms with Crippen molar-refractivity contribution in [3.8, 4) is 5.75 Å². The predicted molar refractivity (Wildman–Crippen MR) is 73.8 cm³/mol. The third-order valence-corrected chi connectivity index (χ3v) is 2.82. The van der Waals surface area contributed by atoms with Crippen LogP contribution >= 0.6 is 0 Å². The number of anilines is 1. The maximum Gasteiger partial charge on any atom is 0.387 e. The zero-order chi connectivity index (χ0) is 15.2. The standard InChI is InChI=1S/C15H13F2NO3/c16-15(17)21-13-8-4-1-5-10(13)9-18-12-7-3-2-6-11(12)14(19)20/h1-8,15,18H,9H2,(H,19,20). The van der Waals surface area contributed by atoms with Crippen LogP contribution in [-0.4, -0.2) is 17.7 Å². The van der Waals surface area contributed by atoms with Crippen LogP contribution in [0.2, 0.25) is 0 Å². The Bertz CT molecular complexity index is 632. The van der Waals surface area contributed by atoms with Gasteiger partial charge in [-0.3, -0.25) is 0 Å². The number of carbonyl (C=O) groups is 1. The molecule has 2 N–H and O–H groups in total. The molecular formula is C15H13F2NO3. The lowest BCUT2D eigenvalue weighted by Crippen LogP contribution is -2.09. The van der Waals surface area contributed by atoms with Crippen molar-refractivity contribution in [2.45, 2.75) is 13.2 Å². The zero-order valence-corrected chi connectivity index (χ0v) is 10.9. The van der Waals surface area contributed by atoms with E-state index in [4.69, 9.17) is 5.11 Å². The van der Waals surface area contributed by atoms with Crippen LogP contribution in [0.4, 0.5) is 14.5 Å². The van der Waals surface area contributed by atoms with E-state index in [1.807, 2.05) is 0 Å². The fourth-order valence-corrected chi connectivity index (χ4v) is 1.88. The van der Waals surface area contributed by atoms with Gasteiger partial charge in [0.05, 0.1) is 5.56 Å². The minimum absolute atomic E-state index is 0.0628. The summed E-state index contributed by atoms with van der Waals surface area (Å²) in [7, 11) is 0. The number of hydrogen-bond acceptors (Lipinski definition) is 3. The third kappa shape index (κ3) is 3.92. The van der Waals surface area contributed by atoms with Crippen molar-refractivity contribution >= 4 is 11.7 Å². The van der Waals surface area contributed by atoms with Gasteiger partial charge in [0.1, 0.15) is 5.75 Å². The molecular weight excluding hydrogens is 280 g/mol. The Morgan fingerprint density at radius 3 is 2.52 bits per heavy atom. The molecule has 0 bridgehead atoms. The van der Waals surface area contributed by atoms with Crippen LogP contribution < -0.4 is 10.1 Å². The molecule has 0 unspecified atom stereocenters. The number of hydrogen-bond donors (Lipinski definition) is 2. The number of benzene rings is 2. The van der Waals surface area contributed by atoms with Crippen LogP contribution in [0.1, 0.15) is 15.9 Å². The Balaban J connectivity index is 2.15. The van der Waals surface area contributed by atoms with Gasteiger partial charge in [-0.25, -0.2) is 4.79 Å². The van der Waals surface area contributed by atoms with Gasteiger partial charge in [-0.05, 0) is 18.2 Å². The van der Waals surface area contributed by atoms with Gasteiger partial charge in [0, 0.05) is 17.8 Å². The number of carboxylic acid groups (broad SMARTS) is 1. The topological polar surface area (TPSA) is 58.6 Å². The second kappa shape index (κ2) is 6.69. The Kier molecular flexibility index (Phi) is 4.71. The predicted octanol–water partition coefficient (Wildman–Crippen LogP) is 3.60. The highest BCUT2D eigenvalue weighted by Crippen LogP contribution is 2.22. The molecule has 0 radical (unpaired) electrons. The highest BCUT2D eigenvalue weighted by atomic mass is 19.3. The first-order valence-corrected chi connectivity index (χ1v) is 6.17. The largest absolute Gasteiger partial charge is 0.478 e. The monoisotopic (exact) mass is 293 g/mol. The summed E-state index contributed by atoms with van der Waals surface area (Å²) in [6, 6.07) is 12.7.